The SMILES string of the molecule is COC(=O)c1ccc(CCc2cccc3c2N(S(=O)(=O)c2cccc(OC)c2)CC3)cc1.c1ccncc1. The second-order valence-corrected chi connectivity index (χ2v) is 10.5. The third kappa shape index (κ3) is 6.20. The fourth-order valence-corrected chi connectivity index (χ4v) is 5.92. The molecule has 1 aliphatic rings. The number of aromatic nitrogens is 1. The van der Waals surface area contributed by atoms with Crippen LogP contribution in [0.15, 0.2) is 102 Å². The zero-order chi connectivity index (χ0) is 27.0. The summed E-state index contributed by atoms with van der Waals surface area (Å²) in [5, 5.41) is 0. The van der Waals surface area contributed by atoms with E-state index in [0.717, 1.165) is 28.8 Å². The summed E-state index contributed by atoms with van der Waals surface area (Å²) in [6.45, 7) is 0.416. The van der Waals surface area contributed by atoms with Crippen LogP contribution in [0.25, 0.3) is 0 Å². The number of sulfonamides is 1. The molecule has 0 amide bonds. The van der Waals surface area contributed by atoms with E-state index in [1.807, 2.05) is 48.5 Å². The highest BCUT2D eigenvalue weighted by molar-refractivity contribution is 7.92. The zero-order valence-electron chi connectivity index (χ0n) is 21.4. The molecule has 0 spiro atoms. The van der Waals surface area contributed by atoms with Crippen LogP contribution >= 0.6 is 0 Å². The van der Waals surface area contributed by atoms with Crippen molar-refractivity contribution >= 4 is 21.7 Å². The number of benzene rings is 3. The Morgan fingerprint density at radius 2 is 1.63 bits per heavy atom. The summed E-state index contributed by atoms with van der Waals surface area (Å²) in [5.74, 6) is 0.144. The minimum atomic E-state index is -3.71. The largest absolute Gasteiger partial charge is 0.497 e. The lowest BCUT2D eigenvalue weighted by Gasteiger charge is -2.22. The van der Waals surface area contributed by atoms with E-state index in [0.29, 0.717) is 30.7 Å². The summed E-state index contributed by atoms with van der Waals surface area (Å²) < 4.78 is 38.4. The molecule has 1 aliphatic heterocycles. The Morgan fingerprint density at radius 3 is 2.26 bits per heavy atom. The van der Waals surface area contributed by atoms with Crippen molar-refractivity contribution in [3.8, 4) is 5.75 Å². The van der Waals surface area contributed by atoms with Crippen molar-refractivity contribution in [1.29, 1.82) is 0 Å². The zero-order valence-corrected chi connectivity index (χ0v) is 22.2. The quantitative estimate of drug-likeness (QED) is 0.309. The van der Waals surface area contributed by atoms with E-state index in [9.17, 15) is 13.2 Å². The second-order valence-electron chi connectivity index (χ2n) is 8.64. The lowest BCUT2D eigenvalue weighted by atomic mass is 10.00. The molecule has 0 fully saturated rings. The van der Waals surface area contributed by atoms with Gasteiger partial charge in [0.05, 0.1) is 30.4 Å². The Hall–Kier alpha value is -4.17. The molecule has 8 heteroatoms. The number of hydrogen-bond acceptors (Lipinski definition) is 6. The highest BCUT2D eigenvalue weighted by atomic mass is 32.2. The van der Waals surface area contributed by atoms with Crippen LogP contribution in [-0.2, 0) is 34.0 Å². The summed E-state index contributed by atoms with van der Waals surface area (Å²) in [5.41, 5.74) is 4.38. The van der Waals surface area contributed by atoms with Gasteiger partial charge in [0.25, 0.3) is 10.0 Å². The molecule has 196 valence electrons. The Morgan fingerprint density at radius 1 is 0.895 bits per heavy atom. The molecule has 2 heterocycles. The predicted molar refractivity (Wildman–Crippen MR) is 147 cm³/mol. The number of para-hydroxylation sites is 1. The number of methoxy groups -OCH3 is 2. The van der Waals surface area contributed by atoms with Crippen LogP contribution in [0.2, 0.25) is 0 Å². The number of carbonyl (C=O) groups excluding carboxylic acids is 1. The van der Waals surface area contributed by atoms with Gasteiger partial charge in [0.2, 0.25) is 0 Å². The van der Waals surface area contributed by atoms with Crippen molar-refractivity contribution in [3.63, 3.8) is 0 Å². The molecular weight excluding hydrogens is 500 g/mol. The van der Waals surface area contributed by atoms with Crippen molar-refractivity contribution in [2.75, 3.05) is 25.1 Å². The van der Waals surface area contributed by atoms with E-state index in [-0.39, 0.29) is 10.9 Å². The van der Waals surface area contributed by atoms with E-state index in [4.69, 9.17) is 9.47 Å². The molecule has 0 radical (unpaired) electrons. The third-order valence-electron chi connectivity index (χ3n) is 6.29. The van der Waals surface area contributed by atoms with Gasteiger partial charge in [0.1, 0.15) is 5.75 Å². The monoisotopic (exact) mass is 530 g/mol. The number of nitrogens with zero attached hydrogens (tertiary/aromatic N) is 2. The summed E-state index contributed by atoms with van der Waals surface area (Å²) in [6, 6.07) is 25.5. The number of aryl methyl sites for hydroxylation is 2. The molecular formula is C30H30N2O5S. The van der Waals surface area contributed by atoms with Crippen molar-refractivity contribution in [2.45, 2.75) is 24.2 Å². The Balaban J connectivity index is 0.000000494. The van der Waals surface area contributed by atoms with Crippen molar-refractivity contribution in [2.24, 2.45) is 0 Å². The van der Waals surface area contributed by atoms with Gasteiger partial charge in [0, 0.05) is 25.0 Å². The van der Waals surface area contributed by atoms with Gasteiger partial charge < -0.3 is 9.47 Å². The molecule has 0 bridgehead atoms. The van der Waals surface area contributed by atoms with E-state index in [1.165, 1.54) is 18.5 Å². The molecule has 38 heavy (non-hydrogen) atoms. The number of rotatable bonds is 7. The molecule has 0 atom stereocenters. The number of anilines is 1. The lowest BCUT2D eigenvalue weighted by Crippen LogP contribution is -2.30. The fraction of sp³-hybridized carbons (Fsp3) is 0.200. The van der Waals surface area contributed by atoms with Crippen molar-refractivity contribution < 1.29 is 22.7 Å². The Kier molecular flexibility index (Phi) is 8.76. The molecule has 7 nitrogen and oxygen atoms in total. The van der Waals surface area contributed by atoms with Crippen LogP contribution in [-0.4, -0.2) is 40.1 Å². The maximum Gasteiger partial charge on any atom is 0.337 e. The van der Waals surface area contributed by atoms with E-state index < -0.39 is 10.0 Å². The molecule has 0 saturated carbocycles. The molecule has 0 saturated heterocycles. The van der Waals surface area contributed by atoms with E-state index in [2.05, 4.69) is 4.98 Å². The number of fused-ring (bicyclic) bond motifs is 1. The number of ether oxygens (including phenoxy) is 2. The minimum absolute atomic E-state index is 0.220. The second kappa shape index (κ2) is 12.4. The van der Waals surface area contributed by atoms with E-state index >= 15 is 0 Å². The predicted octanol–water partition coefficient (Wildman–Crippen LogP) is 5.10. The smallest absolute Gasteiger partial charge is 0.337 e. The van der Waals surface area contributed by atoms with Crippen molar-refractivity contribution in [3.05, 3.63) is 120 Å². The van der Waals surface area contributed by atoms with Crippen molar-refractivity contribution in [1.82, 2.24) is 4.98 Å². The number of hydrogen-bond donors (Lipinski definition) is 0. The van der Waals surface area contributed by atoms with Crippen LogP contribution in [0.5, 0.6) is 5.75 Å². The summed E-state index contributed by atoms with van der Waals surface area (Å²) in [6.07, 6.45) is 5.59. The molecule has 1 aromatic heterocycles. The standard InChI is InChI=1S/C25H25NO5S.C5H5N/c1-30-22-7-4-8-23(17-22)32(28,29)26-16-15-20-6-3-5-19(24(20)26)12-9-18-10-13-21(14-11-18)25(27)31-2;1-2-4-6-5-3-1/h3-8,10-11,13-14,17H,9,12,15-16H2,1-2H3;1-5H. The number of pyridine rings is 1. The molecule has 3 aromatic carbocycles. The Bertz CT molecular complexity index is 1450. The topological polar surface area (TPSA) is 85.8 Å². The van der Waals surface area contributed by atoms with Crippen LogP contribution in [0.1, 0.15) is 27.0 Å². The van der Waals surface area contributed by atoms with Gasteiger partial charge >= 0.3 is 5.97 Å². The highest BCUT2D eigenvalue weighted by Gasteiger charge is 2.32. The van der Waals surface area contributed by atoms with Gasteiger partial charge in [0.15, 0.2) is 0 Å². The molecule has 0 aliphatic carbocycles. The average molecular weight is 531 g/mol. The minimum Gasteiger partial charge on any atom is -0.497 e. The molecule has 4 aromatic rings. The first-order valence-corrected chi connectivity index (χ1v) is 13.7. The normalized spacial score (nSPS) is 12.2. The maximum absolute atomic E-state index is 13.4. The molecule has 5 rings (SSSR count). The molecule has 0 N–H and O–H groups in total. The number of esters is 1. The maximum atomic E-state index is 13.4. The average Bonchev–Trinajstić information content (AvgIpc) is 3.43. The Labute approximate surface area is 223 Å². The van der Waals surface area contributed by atoms with Crippen LogP contribution in [0, 0.1) is 0 Å². The van der Waals surface area contributed by atoms with Crippen LogP contribution in [0.3, 0.4) is 0 Å². The van der Waals surface area contributed by atoms with Gasteiger partial charge in [-0.15, -0.1) is 0 Å². The van der Waals surface area contributed by atoms with Gasteiger partial charge in [-0.1, -0.05) is 42.5 Å². The first-order valence-electron chi connectivity index (χ1n) is 12.2. The third-order valence-corrected chi connectivity index (χ3v) is 8.09. The summed E-state index contributed by atoms with van der Waals surface area (Å²) in [4.78, 5) is 15.6. The first kappa shape index (κ1) is 26.9. The van der Waals surface area contributed by atoms with Gasteiger partial charge in [-0.25, -0.2) is 13.2 Å². The van der Waals surface area contributed by atoms with Gasteiger partial charge in [-0.3, -0.25) is 9.29 Å². The van der Waals surface area contributed by atoms with E-state index in [1.54, 1.807) is 48.8 Å². The molecule has 0 unspecified atom stereocenters. The fourth-order valence-electron chi connectivity index (χ4n) is 4.35. The lowest BCUT2D eigenvalue weighted by molar-refractivity contribution is 0.0600. The van der Waals surface area contributed by atoms with Gasteiger partial charge in [-0.2, -0.15) is 0 Å². The number of carbonyl (C=O) groups is 1. The first-order chi connectivity index (χ1) is 18.4. The summed E-state index contributed by atoms with van der Waals surface area (Å²) in [7, 11) is -0.827. The summed E-state index contributed by atoms with van der Waals surface area (Å²) >= 11 is 0. The van der Waals surface area contributed by atoms with Crippen LogP contribution in [0.4, 0.5) is 5.69 Å². The highest BCUT2D eigenvalue weighted by Crippen LogP contribution is 2.37. The van der Waals surface area contributed by atoms with Gasteiger partial charge in [-0.05, 0) is 72.4 Å². The van der Waals surface area contributed by atoms with Crippen LogP contribution < -0.4 is 9.04 Å².